The van der Waals surface area contributed by atoms with Crippen LogP contribution in [-0.4, -0.2) is 46.4 Å². The maximum Gasteiger partial charge on any atom is 0.243 e. The lowest BCUT2D eigenvalue weighted by molar-refractivity contribution is -0.123. The second kappa shape index (κ2) is 9.45. The molecule has 1 aliphatic rings. The molecule has 0 aliphatic heterocycles. The van der Waals surface area contributed by atoms with E-state index in [0.29, 0.717) is 22.7 Å². The van der Waals surface area contributed by atoms with Gasteiger partial charge in [-0.05, 0) is 60.4 Å². The minimum atomic E-state index is -0.0792. The summed E-state index contributed by atoms with van der Waals surface area (Å²) in [6.07, 6.45) is 5.58. The summed E-state index contributed by atoms with van der Waals surface area (Å²) < 4.78 is 10.6. The number of ether oxygens (including phenoxy) is 2. The van der Waals surface area contributed by atoms with Gasteiger partial charge in [0.2, 0.25) is 11.7 Å². The molecule has 1 aromatic heterocycles. The third kappa shape index (κ3) is 5.09. The first kappa shape index (κ1) is 22.1. The molecule has 164 valence electrons. The van der Waals surface area contributed by atoms with Gasteiger partial charge in [0.05, 0.1) is 14.2 Å². The zero-order valence-corrected chi connectivity index (χ0v) is 18.6. The lowest BCUT2D eigenvalue weighted by Crippen LogP contribution is -2.41. The SMILES string of the molecule is CCC(C)(C)C1CCC(NC(=O)Cn2nnc(-c3ccc(OC)c(OC)c3)n2)CC1. The molecule has 8 heteroatoms. The van der Waals surface area contributed by atoms with Crippen molar-refractivity contribution in [2.75, 3.05) is 14.2 Å². The van der Waals surface area contributed by atoms with Gasteiger partial charge in [0.1, 0.15) is 6.54 Å². The third-order valence-corrected chi connectivity index (χ3v) is 6.49. The second-order valence-corrected chi connectivity index (χ2v) is 8.67. The number of tetrazole rings is 1. The molecule has 0 unspecified atom stereocenters. The molecule has 1 aliphatic carbocycles. The zero-order chi connectivity index (χ0) is 21.7. The quantitative estimate of drug-likeness (QED) is 0.710. The molecular formula is C22H33N5O3. The topological polar surface area (TPSA) is 91.2 Å². The van der Waals surface area contributed by atoms with E-state index in [4.69, 9.17) is 9.47 Å². The van der Waals surface area contributed by atoms with E-state index in [1.165, 1.54) is 11.2 Å². The highest BCUT2D eigenvalue weighted by Crippen LogP contribution is 2.40. The first-order valence-corrected chi connectivity index (χ1v) is 10.7. The molecule has 0 atom stereocenters. The van der Waals surface area contributed by atoms with Gasteiger partial charge < -0.3 is 14.8 Å². The average Bonchev–Trinajstić information content (AvgIpc) is 3.21. The fourth-order valence-corrected chi connectivity index (χ4v) is 4.11. The molecule has 0 saturated heterocycles. The molecule has 1 saturated carbocycles. The predicted molar refractivity (Wildman–Crippen MR) is 114 cm³/mol. The number of carbonyl (C=O) groups is 1. The number of carbonyl (C=O) groups excluding carboxylic acids is 1. The van der Waals surface area contributed by atoms with Crippen molar-refractivity contribution in [2.45, 2.75) is 65.5 Å². The fraction of sp³-hybridized carbons (Fsp3) is 0.636. The zero-order valence-electron chi connectivity index (χ0n) is 18.6. The maximum atomic E-state index is 12.5. The Morgan fingerprint density at radius 1 is 1.17 bits per heavy atom. The maximum absolute atomic E-state index is 12.5. The van der Waals surface area contributed by atoms with Gasteiger partial charge >= 0.3 is 0 Å². The molecule has 8 nitrogen and oxygen atoms in total. The minimum Gasteiger partial charge on any atom is -0.493 e. The van der Waals surface area contributed by atoms with Crippen LogP contribution in [0.15, 0.2) is 18.2 Å². The van der Waals surface area contributed by atoms with Crippen LogP contribution in [0.25, 0.3) is 11.4 Å². The highest BCUT2D eigenvalue weighted by Gasteiger charge is 2.32. The van der Waals surface area contributed by atoms with Crippen molar-refractivity contribution in [1.29, 1.82) is 0 Å². The summed E-state index contributed by atoms with van der Waals surface area (Å²) in [5, 5.41) is 15.6. The van der Waals surface area contributed by atoms with Gasteiger partial charge in [0.25, 0.3) is 0 Å². The van der Waals surface area contributed by atoms with Gasteiger partial charge in [-0.25, -0.2) is 0 Å². The molecule has 1 fully saturated rings. The average molecular weight is 416 g/mol. The summed E-state index contributed by atoms with van der Waals surface area (Å²) in [6.45, 7) is 7.02. The molecule has 3 rings (SSSR count). The summed E-state index contributed by atoms with van der Waals surface area (Å²) in [7, 11) is 3.16. The van der Waals surface area contributed by atoms with E-state index >= 15 is 0 Å². The van der Waals surface area contributed by atoms with Gasteiger partial charge in [-0.15, -0.1) is 10.2 Å². The summed E-state index contributed by atoms with van der Waals surface area (Å²) >= 11 is 0. The lowest BCUT2D eigenvalue weighted by atomic mass is 9.69. The van der Waals surface area contributed by atoms with E-state index in [-0.39, 0.29) is 18.5 Å². The fourth-order valence-electron chi connectivity index (χ4n) is 4.11. The second-order valence-electron chi connectivity index (χ2n) is 8.67. The number of nitrogens with zero attached hydrogens (tertiary/aromatic N) is 4. The van der Waals surface area contributed by atoms with E-state index in [2.05, 4.69) is 41.5 Å². The van der Waals surface area contributed by atoms with Gasteiger partial charge in [0, 0.05) is 11.6 Å². The van der Waals surface area contributed by atoms with Crippen LogP contribution in [-0.2, 0) is 11.3 Å². The van der Waals surface area contributed by atoms with Crippen LogP contribution in [0, 0.1) is 11.3 Å². The summed E-state index contributed by atoms with van der Waals surface area (Å²) in [5.41, 5.74) is 1.12. The van der Waals surface area contributed by atoms with Crippen molar-refractivity contribution in [1.82, 2.24) is 25.5 Å². The van der Waals surface area contributed by atoms with Gasteiger partial charge in [0.15, 0.2) is 11.5 Å². The first-order valence-electron chi connectivity index (χ1n) is 10.7. The molecule has 1 aromatic carbocycles. The molecule has 2 aromatic rings. The van der Waals surface area contributed by atoms with Gasteiger partial charge in [-0.2, -0.15) is 4.80 Å². The first-order chi connectivity index (χ1) is 14.4. The normalized spacial score (nSPS) is 19.4. The lowest BCUT2D eigenvalue weighted by Gasteiger charge is -2.39. The molecule has 0 bridgehead atoms. The van der Waals surface area contributed by atoms with E-state index in [9.17, 15) is 4.79 Å². The van der Waals surface area contributed by atoms with E-state index in [0.717, 1.165) is 37.2 Å². The Morgan fingerprint density at radius 3 is 2.50 bits per heavy atom. The van der Waals surface area contributed by atoms with Crippen LogP contribution >= 0.6 is 0 Å². The van der Waals surface area contributed by atoms with Gasteiger partial charge in [-0.1, -0.05) is 27.2 Å². The van der Waals surface area contributed by atoms with Gasteiger partial charge in [-0.3, -0.25) is 4.79 Å². The summed E-state index contributed by atoms with van der Waals surface area (Å²) in [4.78, 5) is 13.8. The smallest absolute Gasteiger partial charge is 0.243 e. The Hall–Kier alpha value is -2.64. The molecule has 0 radical (unpaired) electrons. The Bertz CT molecular complexity index is 856. The number of benzene rings is 1. The van der Waals surface area contributed by atoms with E-state index in [1.54, 1.807) is 26.4 Å². The standard InChI is InChI=1S/C22H33N5O3/c1-6-22(2,3)16-8-10-17(11-9-16)23-20(28)14-27-25-21(24-26-27)15-7-12-18(29-4)19(13-15)30-5/h7,12-13,16-17H,6,8-11,14H2,1-5H3,(H,23,28). The van der Waals surface area contributed by atoms with Crippen molar-refractivity contribution < 1.29 is 14.3 Å². The van der Waals surface area contributed by atoms with Crippen molar-refractivity contribution >= 4 is 5.91 Å². The van der Waals surface area contributed by atoms with Crippen molar-refractivity contribution in [3.63, 3.8) is 0 Å². The summed E-state index contributed by atoms with van der Waals surface area (Å²) in [6, 6.07) is 5.64. The van der Waals surface area contributed by atoms with Crippen LogP contribution in [0.2, 0.25) is 0 Å². The van der Waals surface area contributed by atoms with Crippen LogP contribution in [0.4, 0.5) is 0 Å². The minimum absolute atomic E-state index is 0.0562. The Morgan fingerprint density at radius 2 is 1.87 bits per heavy atom. The highest BCUT2D eigenvalue weighted by atomic mass is 16.5. The Kier molecular flexibility index (Phi) is 6.95. The number of hydrogen-bond donors (Lipinski definition) is 1. The monoisotopic (exact) mass is 415 g/mol. The van der Waals surface area contributed by atoms with E-state index in [1.807, 2.05) is 6.07 Å². The largest absolute Gasteiger partial charge is 0.493 e. The Balaban J connectivity index is 1.55. The highest BCUT2D eigenvalue weighted by molar-refractivity contribution is 5.75. The Labute approximate surface area is 178 Å². The van der Waals surface area contributed by atoms with E-state index < -0.39 is 0 Å². The molecule has 30 heavy (non-hydrogen) atoms. The molecule has 1 amide bonds. The number of amides is 1. The summed E-state index contributed by atoms with van der Waals surface area (Å²) in [5.74, 6) is 2.31. The molecule has 0 spiro atoms. The predicted octanol–water partition coefficient (Wildman–Crippen LogP) is 3.47. The molecule has 1 heterocycles. The molecular weight excluding hydrogens is 382 g/mol. The van der Waals surface area contributed by atoms with Crippen LogP contribution in [0.3, 0.4) is 0 Å². The van der Waals surface area contributed by atoms with Crippen LogP contribution in [0.1, 0.15) is 52.9 Å². The third-order valence-electron chi connectivity index (χ3n) is 6.49. The van der Waals surface area contributed by atoms with Crippen LogP contribution < -0.4 is 14.8 Å². The number of hydrogen-bond acceptors (Lipinski definition) is 6. The van der Waals surface area contributed by atoms with Crippen LogP contribution in [0.5, 0.6) is 11.5 Å². The van der Waals surface area contributed by atoms with Crippen molar-refractivity contribution in [3.8, 4) is 22.9 Å². The number of aromatic nitrogens is 4. The van der Waals surface area contributed by atoms with Crippen molar-refractivity contribution in [2.24, 2.45) is 11.3 Å². The number of rotatable bonds is 8. The molecule has 1 N–H and O–H groups in total. The number of nitrogens with one attached hydrogen (secondary N) is 1. The van der Waals surface area contributed by atoms with Crippen molar-refractivity contribution in [3.05, 3.63) is 18.2 Å². The number of methoxy groups -OCH3 is 2.